The number of fused-ring (bicyclic) bond motifs is 3. The summed E-state index contributed by atoms with van der Waals surface area (Å²) in [6.07, 6.45) is 2.36. The van der Waals surface area contributed by atoms with Crippen LogP contribution in [0.5, 0.6) is 0 Å². The van der Waals surface area contributed by atoms with Crippen LogP contribution in [0, 0.1) is 11.3 Å². The fourth-order valence-corrected chi connectivity index (χ4v) is 6.67. The lowest BCUT2D eigenvalue weighted by atomic mass is 9.95. The van der Waals surface area contributed by atoms with Crippen molar-refractivity contribution in [1.29, 1.82) is 5.26 Å². The maximum atomic E-state index is 12.7. The topological polar surface area (TPSA) is 75.9 Å². The first-order valence-electron chi connectivity index (χ1n) is 14.3. The number of piperazine rings is 2. The summed E-state index contributed by atoms with van der Waals surface area (Å²) >= 11 is 0. The minimum atomic E-state index is -0.496. The lowest BCUT2D eigenvalue weighted by Gasteiger charge is -2.52. The van der Waals surface area contributed by atoms with E-state index < -0.39 is 5.60 Å². The Morgan fingerprint density at radius 3 is 2.62 bits per heavy atom. The molecule has 208 valence electrons. The van der Waals surface area contributed by atoms with Gasteiger partial charge in [0.15, 0.2) is 0 Å². The van der Waals surface area contributed by atoms with Gasteiger partial charge in [-0.15, -0.1) is 0 Å². The third-order valence-electron chi connectivity index (χ3n) is 8.45. The molecule has 3 aromatic rings. The normalized spacial score (nSPS) is 21.5. The van der Waals surface area contributed by atoms with Crippen LogP contribution in [0.3, 0.4) is 0 Å². The van der Waals surface area contributed by atoms with Gasteiger partial charge >= 0.3 is 6.09 Å². The van der Waals surface area contributed by atoms with Crippen LogP contribution in [0.15, 0.2) is 48.7 Å². The van der Waals surface area contributed by atoms with Gasteiger partial charge < -0.3 is 19.4 Å². The zero-order valence-corrected chi connectivity index (χ0v) is 23.9. The van der Waals surface area contributed by atoms with Crippen LogP contribution in [-0.2, 0) is 17.7 Å². The summed E-state index contributed by atoms with van der Waals surface area (Å²) in [5.74, 6) is 0. The number of pyridine rings is 1. The number of rotatable bonds is 2. The molecule has 8 nitrogen and oxygen atoms in total. The molecule has 0 N–H and O–H groups in total. The molecule has 2 atom stereocenters. The fourth-order valence-electron chi connectivity index (χ4n) is 6.67. The van der Waals surface area contributed by atoms with Crippen molar-refractivity contribution in [2.45, 2.75) is 58.3 Å². The van der Waals surface area contributed by atoms with E-state index in [1.165, 1.54) is 16.8 Å². The molecule has 0 spiro atoms. The second-order valence-electron chi connectivity index (χ2n) is 12.3. The van der Waals surface area contributed by atoms with Gasteiger partial charge in [-0.25, -0.2) is 4.79 Å². The SMILES string of the molecule is C[C@H]1CN(c2ccc(C#N)c3ncccc23)C[C@@H]2CN(c3cccc4c3CCN(C(=O)OC(C)(C)C)C4)CCN21. The Labute approximate surface area is 236 Å². The number of benzene rings is 2. The van der Waals surface area contributed by atoms with Crippen LogP contribution in [0.25, 0.3) is 10.9 Å². The average molecular weight is 539 g/mol. The van der Waals surface area contributed by atoms with E-state index in [1.807, 2.05) is 37.8 Å². The van der Waals surface area contributed by atoms with Gasteiger partial charge in [-0.2, -0.15) is 5.26 Å². The maximum Gasteiger partial charge on any atom is 0.410 e. The van der Waals surface area contributed by atoms with E-state index in [4.69, 9.17) is 4.74 Å². The molecule has 0 unspecified atom stereocenters. The van der Waals surface area contributed by atoms with E-state index in [0.717, 1.165) is 55.7 Å². The first-order valence-corrected chi connectivity index (χ1v) is 14.3. The van der Waals surface area contributed by atoms with E-state index in [1.54, 1.807) is 6.20 Å². The van der Waals surface area contributed by atoms with Gasteiger partial charge in [0.25, 0.3) is 0 Å². The van der Waals surface area contributed by atoms with Crippen molar-refractivity contribution < 1.29 is 9.53 Å². The molecule has 6 rings (SSSR count). The number of anilines is 2. The molecule has 3 aliphatic heterocycles. The Hall–Kier alpha value is -3.83. The first-order chi connectivity index (χ1) is 19.2. The van der Waals surface area contributed by atoms with E-state index >= 15 is 0 Å². The van der Waals surface area contributed by atoms with Crippen molar-refractivity contribution >= 4 is 28.4 Å². The standard InChI is InChI=1S/C32H38N6O2/c1-22-18-37(29-11-10-23(17-33)30-27(29)8-6-13-34-30)21-25-20-35(15-16-38(22)25)28-9-5-7-24-19-36(14-12-26(24)28)31(39)40-32(2,3)4/h5-11,13,22,25H,12,14-16,18-21H2,1-4H3/t22-,25-/m0/s1. The Morgan fingerprint density at radius 1 is 1.00 bits per heavy atom. The van der Waals surface area contributed by atoms with E-state index in [-0.39, 0.29) is 6.09 Å². The molecule has 3 aliphatic rings. The molecule has 1 amide bonds. The number of aromatic nitrogens is 1. The molecule has 4 heterocycles. The third-order valence-corrected chi connectivity index (χ3v) is 8.45. The van der Waals surface area contributed by atoms with E-state index in [0.29, 0.717) is 30.7 Å². The predicted molar refractivity (Wildman–Crippen MR) is 158 cm³/mol. The highest BCUT2D eigenvalue weighted by Crippen LogP contribution is 2.35. The van der Waals surface area contributed by atoms with Gasteiger partial charge in [-0.1, -0.05) is 12.1 Å². The second-order valence-corrected chi connectivity index (χ2v) is 12.3. The van der Waals surface area contributed by atoms with Crippen molar-refractivity contribution in [1.82, 2.24) is 14.8 Å². The molecule has 0 aliphatic carbocycles. The van der Waals surface area contributed by atoms with Crippen LogP contribution >= 0.6 is 0 Å². The largest absolute Gasteiger partial charge is 0.444 e. The second kappa shape index (κ2) is 10.3. The highest BCUT2D eigenvalue weighted by molar-refractivity contribution is 5.95. The number of ether oxygens (including phenoxy) is 1. The number of hydrogen-bond acceptors (Lipinski definition) is 7. The molecule has 2 saturated heterocycles. The number of carbonyl (C=O) groups excluding carboxylic acids is 1. The predicted octanol–water partition coefficient (Wildman–Crippen LogP) is 4.80. The van der Waals surface area contributed by atoms with Crippen molar-refractivity contribution in [3.63, 3.8) is 0 Å². The maximum absolute atomic E-state index is 12.7. The van der Waals surface area contributed by atoms with Crippen molar-refractivity contribution in [2.24, 2.45) is 0 Å². The molecular weight excluding hydrogens is 500 g/mol. The Kier molecular flexibility index (Phi) is 6.79. The summed E-state index contributed by atoms with van der Waals surface area (Å²) < 4.78 is 5.64. The summed E-state index contributed by atoms with van der Waals surface area (Å²) in [6, 6.07) is 17.7. The van der Waals surface area contributed by atoms with Crippen LogP contribution in [0.1, 0.15) is 44.4 Å². The van der Waals surface area contributed by atoms with Crippen LogP contribution in [0.4, 0.5) is 16.2 Å². The molecule has 0 radical (unpaired) electrons. The monoisotopic (exact) mass is 538 g/mol. The minimum Gasteiger partial charge on any atom is -0.444 e. The molecule has 0 saturated carbocycles. The molecule has 2 fully saturated rings. The summed E-state index contributed by atoms with van der Waals surface area (Å²) in [6.45, 7) is 14.2. The molecule has 1 aromatic heterocycles. The van der Waals surface area contributed by atoms with Gasteiger partial charge in [0.05, 0.1) is 11.1 Å². The lowest BCUT2D eigenvalue weighted by molar-refractivity contribution is 0.0224. The number of nitriles is 1. The van der Waals surface area contributed by atoms with Crippen LogP contribution in [-0.4, -0.2) is 77.8 Å². The van der Waals surface area contributed by atoms with Crippen molar-refractivity contribution in [3.8, 4) is 6.07 Å². The zero-order valence-electron chi connectivity index (χ0n) is 23.9. The Morgan fingerprint density at radius 2 is 1.82 bits per heavy atom. The fraction of sp³-hybridized carbons (Fsp3) is 0.469. The number of carbonyl (C=O) groups is 1. The smallest absolute Gasteiger partial charge is 0.410 e. The molecule has 40 heavy (non-hydrogen) atoms. The van der Waals surface area contributed by atoms with Crippen LogP contribution in [0.2, 0.25) is 0 Å². The van der Waals surface area contributed by atoms with E-state index in [2.05, 4.69) is 63.0 Å². The average Bonchev–Trinajstić information content (AvgIpc) is 2.94. The Bertz CT molecular complexity index is 1470. The number of amides is 1. The molecule has 8 heteroatoms. The van der Waals surface area contributed by atoms with Crippen LogP contribution < -0.4 is 9.80 Å². The van der Waals surface area contributed by atoms with Gasteiger partial charge in [-0.05, 0) is 75.6 Å². The number of nitrogens with zero attached hydrogens (tertiary/aromatic N) is 6. The quantitative estimate of drug-likeness (QED) is 0.464. The van der Waals surface area contributed by atoms with Gasteiger partial charge in [0.1, 0.15) is 11.7 Å². The lowest BCUT2D eigenvalue weighted by Crippen LogP contribution is -2.65. The van der Waals surface area contributed by atoms with Gasteiger partial charge in [0.2, 0.25) is 0 Å². The van der Waals surface area contributed by atoms with Crippen molar-refractivity contribution in [3.05, 3.63) is 65.4 Å². The first kappa shape index (κ1) is 26.4. The van der Waals surface area contributed by atoms with Gasteiger partial charge in [0, 0.05) is 80.9 Å². The molecule has 0 bridgehead atoms. The summed E-state index contributed by atoms with van der Waals surface area (Å²) in [5.41, 5.74) is 5.94. The highest BCUT2D eigenvalue weighted by Gasteiger charge is 2.38. The summed E-state index contributed by atoms with van der Waals surface area (Å²) in [4.78, 5) is 26.8. The van der Waals surface area contributed by atoms with Gasteiger partial charge in [-0.3, -0.25) is 9.88 Å². The molecular formula is C32H38N6O2. The summed E-state index contributed by atoms with van der Waals surface area (Å²) in [5, 5.41) is 10.6. The summed E-state index contributed by atoms with van der Waals surface area (Å²) in [7, 11) is 0. The zero-order chi connectivity index (χ0) is 28.0. The third kappa shape index (κ3) is 4.95. The Balaban J connectivity index is 1.22. The highest BCUT2D eigenvalue weighted by atomic mass is 16.6. The van der Waals surface area contributed by atoms with Crippen molar-refractivity contribution in [2.75, 3.05) is 49.1 Å². The molecule has 2 aromatic carbocycles. The van der Waals surface area contributed by atoms with E-state index in [9.17, 15) is 10.1 Å². The minimum absolute atomic E-state index is 0.237. The number of hydrogen-bond donors (Lipinski definition) is 0.